The summed E-state index contributed by atoms with van der Waals surface area (Å²) in [6, 6.07) is 26.9. The normalized spacial score (nSPS) is 16.7. The van der Waals surface area contributed by atoms with Gasteiger partial charge in [0.2, 0.25) is 10.0 Å². The fourth-order valence-electron chi connectivity index (χ4n) is 5.94. The lowest BCUT2D eigenvalue weighted by atomic mass is 9.88. The minimum Gasteiger partial charge on any atom is -0.497 e. The molecule has 1 aliphatic rings. The van der Waals surface area contributed by atoms with Crippen molar-refractivity contribution in [3.63, 3.8) is 0 Å². The molecule has 1 saturated heterocycles. The number of nitrogens with zero attached hydrogens (tertiary/aromatic N) is 3. The molecule has 0 unspecified atom stereocenters. The molecule has 0 radical (unpaired) electrons. The van der Waals surface area contributed by atoms with Gasteiger partial charge >= 0.3 is 12.1 Å². The number of methoxy groups -OCH3 is 2. The van der Waals surface area contributed by atoms with E-state index in [-0.39, 0.29) is 31.3 Å². The van der Waals surface area contributed by atoms with Gasteiger partial charge in [0.1, 0.15) is 11.5 Å². The lowest BCUT2D eigenvalue weighted by Crippen LogP contribution is -2.40. The zero-order valence-corrected chi connectivity index (χ0v) is 27.4. The van der Waals surface area contributed by atoms with Crippen molar-refractivity contribution in [1.82, 2.24) is 9.21 Å². The van der Waals surface area contributed by atoms with Gasteiger partial charge in [-0.2, -0.15) is 4.31 Å². The molecule has 1 aliphatic heterocycles. The molecular weight excluding hydrogens is 638 g/mol. The van der Waals surface area contributed by atoms with Gasteiger partial charge in [0.05, 0.1) is 24.7 Å². The Kier molecular flexibility index (Phi) is 10.4. The van der Waals surface area contributed by atoms with Gasteiger partial charge in [-0.1, -0.05) is 54.6 Å². The van der Waals surface area contributed by atoms with Crippen molar-refractivity contribution >= 4 is 27.8 Å². The quantitative estimate of drug-likeness (QED) is 0.105. The number of carbonyl (C=O) groups excluding carboxylic acids is 2. The maximum atomic E-state index is 14.5. The van der Waals surface area contributed by atoms with Gasteiger partial charge in [0.25, 0.3) is 5.69 Å². The van der Waals surface area contributed by atoms with E-state index in [9.17, 15) is 28.1 Å². The predicted molar refractivity (Wildman–Crippen MR) is 176 cm³/mol. The summed E-state index contributed by atoms with van der Waals surface area (Å²) in [5.41, 5.74) is 1.29. The van der Waals surface area contributed by atoms with E-state index in [1.165, 1.54) is 72.0 Å². The number of nitro groups is 1. The molecule has 13 heteroatoms. The molecule has 0 bridgehead atoms. The second kappa shape index (κ2) is 14.7. The lowest BCUT2D eigenvalue weighted by molar-refractivity contribution is -0.387. The van der Waals surface area contributed by atoms with Gasteiger partial charge in [-0.3, -0.25) is 10.1 Å². The molecule has 0 saturated carbocycles. The molecule has 1 heterocycles. The number of para-hydroxylation sites is 1. The van der Waals surface area contributed by atoms with Crippen LogP contribution in [0.3, 0.4) is 0 Å². The van der Waals surface area contributed by atoms with E-state index in [1.807, 2.05) is 30.3 Å². The number of carbonyl (C=O) groups is 2. The number of amides is 1. The highest BCUT2D eigenvalue weighted by Gasteiger charge is 2.43. The molecular formula is C35H35N3O9S. The highest BCUT2D eigenvalue weighted by atomic mass is 32.2. The number of esters is 1. The minimum atomic E-state index is -4.46. The van der Waals surface area contributed by atoms with E-state index in [0.29, 0.717) is 16.9 Å². The zero-order chi connectivity index (χ0) is 34.4. The average molecular weight is 674 g/mol. The fourth-order valence-corrected chi connectivity index (χ4v) is 7.78. The van der Waals surface area contributed by atoms with Gasteiger partial charge in [0, 0.05) is 37.7 Å². The van der Waals surface area contributed by atoms with E-state index in [1.54, 1.807) is 31.2 Å². The maximum Gasteiger partial charge on any atom is 0.415 e. The van der Waals surface area contributed by atoms with Gasteiger partial charge < -0.3 is 19.1 Å². The molecule has 48 heavy (non-hydrogen) atoms. The van der Waals surface area contributed by atoms with Crippen molar-refractivity contribution in [1.29, 1.82) is 0 Å². The number of hydrogen-bond donors (Lipinski definition) is 0. The third-order valence-electron chi connectivity index (χ3n) is 8.48. The van der Waals surface area contributed by atoms with Gasteiger partial charge in [0.15, 0.2) is 4.90 Å². The number of likely N-dealkylation sites (tertiary alicyclic amines) is 1. The lowest BCUT2D eigenvalue weighted by Gasteiger charge is -2.32. The molecule has 3 atom stereocenters. The van der Waals surface area contributed by atoms with E-state index in [0.717, 1.165) is 5.56 Å². The molecule has 1 amide bonds. The first-order valence-electron chi connectivity index (χ1n) is 15.1. The smallest absolute Gasteiger partial charge is 0.415 e. The average Bonchev–Trinajstić information content (AvgIpc) is 3.55. The molecule has 0 aromatic heterocycles. The molecule has 250 valence electrons. The Balaban J connectivity index is 1.50. The first-order valence-corrected chi connectivity index (χ1v) is 16.6. The summed E-state index contributed by atoms with van der Waals surface area (Å²) in [6.45, 7) is 2.04. The topological polar surface area (TPSA) is 146 Å². The van der Waals surface area contributed by atoms with Crippen LogP contribution in [0, 0.1) is 16.0 Å². The summed E-state index contributed by atoms with van der Waals surface area (Å²) in [4.78, 5) is 37.6. The Morgan fingerprint density at radius 3 is 2.27 bits per heavy atom. The van der Waals surface area contributed by atoms with E-state index in [4.69, 9.17) is 14.2 Å². The Morgan fingerprint density at radius 2 is 1.60 bits per heavy atom. The first kappa shape index (κ1) is 34.1. The summed E-state index contributed by atoms with van der Waals surface area (Å²) < 4.78 is 45.9. The number of nitro benzene ring substituents is 1. The highest BCUT2D eigenvalue weighted by Crippen LogP contribution is 2.39. The van der Waals surface area contributed by atoms with E-state index < -0.39 is 49.6 Å². The Labute approximate surface area is 278 Å². The van der Waals surface area contributed by atoms with Crippen LogP contribution in [0.2, 0.25) is 0 Å². The molecule has 12 nitrogen and oxygen atoms in total. The van der Waals surface area contributed by atoms with Gasteiger partial charge in [-0.15, -0.1) is 0 Å². The van der Waals surface area contributed by atoms with E-state index >= 15 is 0 Å². The molecule has 1 fully saturated rings. The summed E-state index contributed by atoms with van der Waals surface area (Å²) in [5, 5.41) is 12.0. The third kappa shape index (κ3) is 7.32. The SMILES string of the molecule is COC(=O)c1ccc(OC(=O)N2C[C@H](CN([C@H](C)c3cccc(OC)c3)S(=O)(=O)c3ccccc3[N+](=O)[O-])[C@@H](c3ccccc3)C2)cc1. The van der Waals surface area contributed by atoms with Gasteiger partial charge in [-0.05, 0) is 66.4 Å². The summed E-state index contributed by atoms with van der Waals surface area (Å²) in [7, 11) is -1.68. The molecule has 0 spiro atoms. The fraction of sp³-hybridized carbons (Fsp3) is 0.257. The molecule has 4 aromatic carbocycles. The van der Waals surface area contributed by atoms with Crippen molar-refractivity contribution in [2.24, 2.45) is 5.92 Å². The van der Waals surface area contributed by atoms with Crippen LogP contribution in [0.4, 0.5) is 10.5 Å². The van der Waals surface area contributed by atoms with Crippen LogP contribution in [-0.2, 0) is 14.8 Å². The van der Waals surface area contributed by atoms with Crippen LogP contribution in [0.15, 0.2) is 108 Å². The summed E-state index contributed by atoms with van der Waals surface area (Å²) >= 11 is 0. The van der Waals surface area contributed by atoms with Crippen LogP contribution < -0.4 is 9.47 Å². The van der Waals surface area contributed by atoms with Crippen molar-refractivity contribution in [2.75, 3.05) is 33.9 Å². The van der Waals surface area contributed by atoms with Crippen LogP contribution in [0.25, 0.3) is 0 Å². The first-order chi connectivity index (χ1) is 23.0. The van der Waals surface area contributed by atoms with Crippen molar-refractivity contribution in [3.8, 4) is 11.5 Å². The number of benzene rings is 4. The second-order valence-corrected chi connectivity index (χ2v) is 13.2. The number of sulfonamides is 1. The maximum absolute atomic E-state index is 14.5. The van der Waals surface area contributed by atoms with Crippen molar-refractivity contribution < 1.29 is 37.1 Å². The van der Waals surface area contributed by atoms with Crippen LogP contribution in [0.1, 0.15) is 40.4 Å². The Hall–Kier alpha value is -5.27. The predicted octanol–water partition coefficient (Wildman–Crippen LogP) is 6.06. The molecule has 4 aromatic rings. The summed E-state index contributed by atoms with van der Waals surface area (Å²) in [5.74, 6) is -0.489. The minimum absolute atomic E-state index is 0.0656. The van der Waals surface area contributed by atoms with Crippen LogP contribution >= 0.6 is 0 Å². The largest absolute Gasteiger partial charge is 0.497 e. The molecule has 5 rings (SSSR count). The van der Waals surface area contributed by atoms with E-state index in [2.05, 4.69) is 0 Å². The third-order valence-corrected chi connectivity index (χ3v) is 10.5. The van der Waals surface area contributed by atoms with Gasteiger partial charge in [-0.25, -0.2) is 18.0 Å². The number of rotatable bonds is 11. The van der Waals surface area contributed by atoms with Crippen LogP contribution in [-0.4, -0.2) is 68.5 Å². The molecule has 0 N–H and O–H groups in total. The molecule has 0 aliphatic carbocycles. The number of hydrogen-bond acceptors (Lipinski definition) is 9. The highest BCUT2D eigenvalue weighted by molar-refractivity contribution is 7.89. The monoisotopic (exact) mass is 673 g/mol. The second-order valence-electron chi connectivity index (χ2n) is 11.3. The van der Waals surface area contributed by atoms with Crippen LogP contribution in [0.5, 0.6) is 11.5 Å². The Morgan fingerprint density at radius 1 is 0.917 bits per heavy atom. The van der Waals surface area contributed by atoms with Crippen molar-refractivity contribution in [2.45, 2.75) is 23.8 Å². The Bertz CT molecular complexity index is 1880. The standard InChI is InChI=1S/C35H35N3O9S/c1-24(27-12-9-13-30(20-27)45-2)37(48(43,44)33-15-8-7-14-32(33)38(41)42)22-28-21-36(23-31(28)25-10-5-4-6-11-25)35(40)47-29-18-16-26(17-19-29)34(39)46-3/h4-20,24,28,31H,21-23H2,1-3H3/t24-,28-,31-/m1/s1. The zero-order valence-electron chi connectivity index (χ0n) is 26.6. The number of ether oxygens (including phenoxy) is 3. The van der Waals surface area contributed by atoms with Crippen molar-refractivity contribution in [3.05, 3.63) is 130 Å². The summed E-state index contributed by atoms with van der Waals surface area (Å²) in [6.07, 6.45) is -0.641.